The number of benzene rings is 2. The van der Waals surface area contributed by atoms with E-state index in [1.165, 1.54) is 23.1 Å². The Morgan fingerprint density at radius 2 is 1.97 bits per heavy atom. The summed E-state index contributed by atoms with van der Waals surface area (Å²) in [7, 11) is 0. The molecule has 2 N–H and O–H groups in total. The molecular formula is C21H20FNO6. The highest BCUT2D eigenvalue weighted by atomic mass is 19.1. The van der Waals surface area contributed by atoms with Crippen molar-refractivity contribution in [1.29, 1.82) is 0 Å². The third-order valence-corrected chi connectivity index (χ3v) is 5.52. The molecule has 0 unspecified atom stereocenters. The highest BCUT2D eigenvalue weighted by Crippen LogP contribution is 2.37. The van der Waals surface area contributed by atoms with Crippen LogP contribution < -0.4 is 9.47 Å². The van der Waals surface area contributed by atoms with Crippen molar-refractivity contribution < 1.29 is 33.7 Å². The van der Waals surface area contributed by atoms with Crippen molar-refractivity contribution >= 4 is 11.9 Å². The molecule has 8 heteroatoms. The molecule has 0 saturated carbocycles. The van der Waals surface area contributed by atoms with E-state index < -0.39 is 23.3 Å². The van der Waals surface area contributed by atoms with Crippen LogP contribution in [0.5, 0.6) is 11.5 Å². The molecule has 4 rings (SSSR count). The lowest BCUT2D eigenvalue weighted by atomic mass is 9.72. The fraction of sp³-hybridized carbons (Fsp3) is 0.333. The minimum absolute atomic E-state index is 0.0820. The summed E-state index contributed by atoms with van der Waals surface area (Å²) in [4.78, 5) is 26.6. The van der Waals surface area contributed by atoms with Crippen molar-refractivity contribution in [3.05, 3.63) is 59.4 Å². The van der Waals surface area contributed by atoms with E-state index in [1.807, 2.05) is 0 Å². The SMILES string of the molecule is O=C(c1ccc2c(c1)OCO2)N1CC[C@H](O)[C@](Cc2cccc(F)c2)(C(=O)O)C1. The normalized spacial score (nSPS) is 23.1. The summed E-state index contributed by atoms with van der Waals surface area (Å²) in [6.07, 6.45) is -1.14. The van der Waals surface area contributed by atoms with Gasteiger partial charge in [0.15, 0.2) is 11.5 Å². The van der Waals surface area contributed by atoms with E-state index in [-0.39, 0.29) is 38.6 Å². The number of piperidine rings is 1. The molecule has 2 aromatic rings. The zero-order chi connectivity index (χ0) is 20.6. The molecule has 2 atom stereocenters. The number of aliphatic carboxylic acids is 1. The van der Waals surface area contributed by atoms with Gasteiger partial charge in [-0.1, -0.05) is 12.1 Å². The molecule has 0 aromatic heterocycles. The number of halogens is 1. The Kier molecular flexibility index (Phi) is 4.87. The van der Waals surface area contributed by atoms with Crippen molar-refractivity contribution in [1.82, 2.24) is 4.90 Å². The number of carboxylic acids is 1. The monoisotopic (exact) mass is 401 g/mol. The largest absolute Gasteiger partial charge is 0.481 e. The Hall–Kier alpha value is -3.13. The van der Waals surface area contributed by atoms with Crippen LogP contribution in [-0.4, -0.2) is 53.0 Å². The summed E-state index contributed by atoms with van der Waals surface area (Å²) in [6.45, 7) is 0.110. The number of fused-ring (bicyclic) bond motifs is 1. The molecule has 1 fully saturated rings. The molecule has 2 aliphatic rings. The van der Waals surface area contributed by atoms with E-state index in [0.29, 0.717) is 22.6 Å². The average molecular weight is 401 g/mol. The molecule has 0 spiro atoms. The van der Waals surface area contributed by atoms with Gasteiger partial charge in [0.25, 0.3) is 5.91 Å². The molecular weight excluding hydrogens is 381 g/mol. The Morgan fingerprint density at radius 1 is 1.17 bits per heavy atom. The van der Waals surface area contributed by atoms with E-state index in [2.05, 4.69) is 0 Å². The number of ether oxygens (including phenoxy) is 2. The molecule has 0 radical (unpaired) electrons. The van der Waals surface area contributed by atoms with E-state index in [4.69, 9.17) is 9.47 Å². The quantitative estimate of drug-likeness (QED) is 0.814. The first-order valence-electron chi connectivity index (χ1n) is 9.24. The number of rotatable bonds is 4. The molecule has 1 saturated heterocycles. The van der Waals surface area contributed by atoms with E-state index in [9.17, 15) is 24.2 Å². The summed E-state index contributed by atoms with van der Waals surface area (Å²) < 4.78 is 24.1. The van der Waals surface area contributed by atoms with Crippen LogP contribution in [0.15, 0.2) is 42.5 Å². The second kappa shape index (κ2) is 7.36. The van der Waals surface area contributed by atoms with Gasteiger partial charge < -0.3 is 24.6 Å². The van der Waals surface area contributed by atoms with Gasteiger partial charge in [0.1, 0.15) is 11.2 Å². The first-order chi connectivity index (χ1) is 13.9. The summed E-state index contributed by atoms with van der Waals surface area (Å²) in [5.74, 6) is -1.07. The summed E-state index contributed by atoms with van der Waals surface area (Å²) in [5, 5.41) is 20.5. The fourth-order valence-electron chi connectivity index (χ4n) is 3.94. The number of nitrogens with zero attached hydrogens (tertiary/aromatic N) is 1. The summed E-state index contributed by atoms with van der Waals surface area (Å²) in [6, 6.07) is 10.4. The third-order valence-electron chi connectivity index (χ3n) is 5.52. The van der Waals surface area contributed by atoms with Crippen LogP contribution in [0.2, 0.25) is 0 Å². The van der Waals surface area contributed by atoms with Crippen LogP contribution in [-0.2, 0) is 11.2 Å². The first kappa shape index (κ1) is 19.2. The lowest BCUT2D eigenvalue weighted by molar-refractivity contribution is -0.161. The zero-order valence-electron chi connectivity index (χ0n) is 15.5. The lowest BCUT2D eigenvalue weighted by Crippen LogP contribution is -2.58. The Balaban J connectivity index is 1.61. The second-order valence-electron chi connectivity index (χ2n) is 7.37. The molecule has 7 nitrogen and oxygen atoms in total. The van der Waals surface area contributed by atoms with Gasteiger partial charge in [-0.15, -0.1) is 0 Å². The van der Waals surface area contributed by atoms with Gasteiger partial charge in [-0.3, -0.25) is 9.59 Å². The van der Waals surface area contributed by atoms with Gasteiger partial charge in [0.2, 0.25) is 6.79 Å². The molecule has 0 aliphatic carbocycles. The van der Waals surface area contributed by atoms with Crippen molar-refractivity contribution in [2.45, 2.75) is 18.9 Å². The Morgan fingerprint density at radius 3 is 2.72 bits per heavy atom. The zero-order valence-corrected chi connectivity index (χ0v) is 15.5. The Bertz CT molecular complexity index is 964. The molecule has 2 aliphatic heterocycles. The van der Waals surface area contributed by atoms with E-state index in [1.54, 1.807) is 24.3 Å². The third kappa shape index (κ3) is 3.51. The van der Waals surface area contributed by atoms with Crippen LogP contribution >= 0.6 is 0 Å². The smallest absolute Gasteiger partial charge is 0.314 e. The minimum atomic E-state index is -1.63. The molecule has 1 amide bonds. The predicted molar refractivity (Wildman–Crippen MR) is 99.3 cm³/mol. The maximum absolute atomic E-state index is 13.6. The first-order valence-corrected chi connectivity index (χ1v) is 9.24. The maximum atomic E-state index is 13.6. The van der Waals surface area contributed by atoms with Gasteiger partial charge >= 0.3 is 5.97 Å². The van der Waals surface area contributed by atoms with Gasteiger partial charge in [-0.05, 0) is 48.7 Å². The van der Waals surface area contributed by atoms with E-state index in [0.717, 1.165) is 0 Å². The van der Waals surface area contributed by atoms with Gasteiger partial charge in [-0.2, -0.15) is 0 Å². The highest BCUT2D eigenvalue weighted by Gasteiger charge is 2.50. The maximum Gasteiger partial charge on any atom is 0.314 e. The summed E-state index contributed by atoms with van der Waals surface area (Å²) >= 11 is 0. The minimum Gasteiger partial charge on any atom is -0.481 e. The number of carbonyl (C=O) groups is 2. The van der Waals surface area contributed by atoms with Crippen LogP contribution in [0.1, 0.15) is 22.3 Å². The molecule has 0 bridgehead atoms. The number of aliphatic hydroxyl groups is 1. The number of likely N-dealkylation sites (tertiary alicyclic amines) is 1. The van der Waals surface area contributed by atoms with Crippen LogP contribution in [0.4, 0.5) is 4.39 Å². The number of aliphatic hydroxyl groups excluding tert-OH is 1. The molecule has 2 aromatic carbocycles. The number of carbonyl (C=O) groups excluding carboxylic acids is 1. The van der Waals surface area contributed by atoms with Gasteiger partial charge in [-0.25, -0.2) is 4.39 Å². The number of hydrogen-bond acceptors (Lipinski definition) is 5. The molecule has 29 heavy (non-hydrogen) atoms. The topological polar surface area (TPSA) is 96.3 Å². The predicted octanol–water partition coefficient (Wildman–Crippen LogP) is 2.07. The van der Waals surface area contributed by atoms with Crippen molar-refractivity contribution in [2.75, 3.05) is 19.9 Å². The molecule has 152 valence electrons. The lowest BCUT2D eigenvalue weighted by Gasteiger charge is -2.43. The molecule has 2 heterocycles. The van der Waals surface area contributed by atoms with Crippen LogP contribution in [0.25, 0.3) is 0 Å². The van der Waals surface area contributed by atoms with Crippen LogP contribution in [0.3, 0.4) is 0 Å². The highest BCUT2D eigenvalue weighted by molar-refractivity contribution is 5.95. The van der Waals surface area contributed by atoms with Crippen LogP contribution in [0, 0.1) is 11.2 Å². The number of amides is 1. The van der Waals surface area contributed by atoms with Crippen molar-refractivity contribution in [3.8, 4) is 11.5 Å². The second-order valence-corrected chi connectivity index (χ2v) is 7.37. The van der Waals surface area contributed by atoms with E-state index >= 15 is 0 Å². The van der Waals surface area contributed by atoms with Gasteiger partial charge in [0, 0.05) is 18.7 Å². The van der Waals surface area contributed by atoms with Gasteiger partial charge in [0.05, 0.1) is 6.10 Å². The number of hydrogen-bond donors (Lipinski definition) is 2. The average Bonchev–Trinajstić information content (AvgIpc) is 3.17. The standard InChI is InChI=1S/C21H20FNO6/c22-15-3-1-2-13(8-15)10-21(20(26)27)11-23(7-6-18(21)24)19(25)14-4-5-16-17(9-14)29-12-28-16/h1-5,8-9,18,24H,6-7,10-12H2,(H,26,27)/t18-,21+/m0/s1. The Labute approximate surface area is 166 Å². The summed E-state index contributed by atoms with van der Waals surface area (Å²) in [5.41, 5.74) is -0.836. The van der Waals surface area contributed by atoms with Crippen molar-refractivity contribution in [3.63, 3.8) is 0 Å². The van der Waals surface area contributed by atoms with Crippen molar-refractivity contribution in [2.24, 2.45) is 5.41 Å². The fourth-order valence-corrected chi connectivity index (χ4v) is 3.94. The number of carboxylic acid groups (broad SMARTS) is 1.